The lowest BCUT2D eigenvalue weighted by molar-refractivity contribution is -0.175. The van der Waals surface area contributed by atoms with Gasteiger partial charge in [0, 0.05) is 6.92 Å². The van der Waals surface area contributed by atoms with Crippen molar-refractivity contribution < 1.29 is 23.7 Å². The zero-order valence-corrected chi connectivity index (χ0v) is 17.2. The molecule has 0 amide bonds. The van der Waals surface area contributed by atoms with E-state index in [1.807, 2.05) is 66.7 Å². The number of ether oxygens (including phenoxy) is 4. The maximum Gasteiger partial charge on any atom is 0.305 e. The van der Waals surface area contributed by atoms with Crippen LogP contribution in [-0.2, 0) is 37.0 Å². The van der Waals surface area contributed by atoms with Crippen molar-refractivity contribution in [3.8, 4) is 0 Å². The SMILES string of the molecule is CC(=O)OC1OC[C@@H](OCc2ccccc2)[C@H](OCc2ccccc2)C=C1Br. The lowest BCUT2D eigenvalue weighted by Gasteiger charge is -2.24. The average Bonchev–Trinajstić information content (AvgIpc) is 2.85. The van der Waals surface area contributed by atoms with E-state index in [-0.39, 0.29) is 18.8 Å². The molecule has 3 atom stereocenters. The van der Waals surface area contributed by atoms with Crippen LogP contribution in [0.25, 0.3) is 0 Å². The van der Waals surface area contributed by atoms with Gasteiger partial charge in [-0.3, -0.25) is 4.79 Å². The van der Waals surface area contributed by atoms with Crippen molar-refractivity contribution in [1.82, 2.24) is 0 Å². The Bertz CT molecular complexity index is 778. The van der Waals surface area contributed by atoms with Crippen molar-refractivity contribution in [3.63, 3.8) is 0 Å². The van der Waals surface area contributed by atoms with Crippen LogP contribution in [0.3, 0.4) is 0 Å². The van der Waals surface area contributed by atoms with Crippen LogP contribution in [0.4, 0.5) is 0 Å². The first-order chi connectivity index (χ1) is 13.6. The van der Waals surface area contributed by atoms with Gasteiger partial charge in [-0.05, 0) is 33.1 Å². The molecule has 0 aliphatic carbocycles. The van der Waals surface area contributed by atoms with Gasteiger partial charge in [0.25, 0.3) is 0 Å². The Kier molecular flexibility index (Phi) is 7.80. The van der Waals surface area contributed by atoms with E-state index in [1.165, 1.54) is 6.92 Å². The molecule has 0 aromatic heterocycles. The first-order valence-electron chi connectivity index (χ1n) is 9.09. The molecule has 0 bridgehead atoms. The second-order valence-corrected chi connectivity index (χ2v) is 7.34. The third kappa shape index (κ3) is 6.27. The number of hydrogen-bond donors (Lipinski definition) is 0. The van der Waals surface area contributed by atoms with Gasteiger partial charge in [-0.25, -0.2) is 0 Å². The molecule has 148 valence electrons. The molecule has 0 fully saturated rings. The van der Waals surface area contributed by atoms with Gasteiger partial charge in [0.05, 0.1) is 24.3 Å². The summed E-state index contributed by atoms with van der Waals surface area (Å²) in [6, 6.07) is 19.8. The number of halogens is 1. The average molecular weight is 447 g/mol. The van der Waals surface area contributed by atoms with E-state index in [0.29, 0.717) is 17.7 Å². The van der Waals surface area contributed by atoms with Crippen molar-refractivity contribution in [2.45, 2.75) is 38.6 Å². The molecule has 1 aliphatic heterocycles. The van der Waals surface area contributed by atoms with E-state index in [1.54, 1.807) is 0 Å². The molecular formula is C22H23BrO5. The zero-order chi connectivity index (χ0) is 19.8. The molecule has 2 aromatic carbocycles. The van der Waals surface area contributed by atoms with Crippen LogP contribution in [0.15, 0.2) is 71.2 Å². The fourth-order valence-electron chi connectivity index (χ4n) is 2.78. The van der Waals surface area contributed by atoms with Crippen LogP contribution < -0.4 is 0 Å². The summed E-state index contributed by atoms with van der Waals surface area (Å²) in [6.07, 6.45) is 0.334. The zero-order valence-electron chi connectivity index (χ0n) is 15.6. The summed E-state index contributed by atoms with van der Waals surface area (Å²) in [4.78, 5) is 11.3. The fourth-order valence-corrected chi connectivity index (χ4v) is 3.27. The molecular weight excluding hydrogens is 424 g/mol. The molecule has 0 radical (unpaired) electrons. The van der Waals surface area contributed by atoms with Crippen LogP contribution in [0.2, 0.25) is 0 Å². The summed E-state index contributed by atoms with van der Waals surface area (Å²) in [5.74, 6) is -0.416. The predicted octanol–water partition coefficient (Wildman–Crippen LogP) is 4.36. The lowest BCUT2D eigenvalue weighted by atomic mass is 10.2. The Morgan fingerprint density at radius 3 is 2.14 bits per heavy atom. The molecule has 0 saturated carbocycles. The Morgan fingerprint density at radius 2 is 1.57 bits per heavy atom. The van der Waals surface area contributed by atoms with Gasteiger partial charge in [-0.2, -0.15) is 0 Å². The minimum absolute atomic E-state index is 0.232. The van der Waals surface area contributed by atoms with Crippen molar-refractivity contribution >= 4 is 21.9 Å². The molecule has 3 rings (SSSR count). The van der Waals surface area contributed by atoms with Crippen LogP contribution in [-0.4, -0.2) is 31.1 Å². The first kappa shape index (κ1) is 20.7. The number of hydrogen-bond acceptors (Lipinski definition) is 5. The first-order valence-corrected chi connectivity index (χ1v) is 9.88. The third-order valence-electron chi connectivity index (χ3n) is 4.19. The lowest BCUT2D eigenvalue weighted by Crippen LogP contribution is -2.34. The van der Waals surface area contributed by atoms with E-state index in [2.05, 4.69) is 15.9 Å². The summed E-state index contributed by atoms with van der Waals surface area (Å²) in [6.45, 7) is 2.45. The van der Waals surface area contributed by atoms with E-state index in [9.17, 15) is 4.79 Å². The minimum atomic E-state index is -0.800. The maximum absolute atomic E-state index is 11.3. The number of carbonyl (C=O) groups excluding carboxylic acids is 1. The largest absolute Gasteiger partial charge is 0.431 e. The molecule has 0 N–H and O–H groups in total. The highest BCUT2D eigenvalue weighted by molar-refractivity contribution is 9.11. The normalized spacial score (nSPS) is 22.2. The van der Waals surface area contributed by atoms with Gasteiger partial charge < -0.3 is 18.9 Å². The molecule has 2 aromatic rings. The molecule has 1 aliphatic rings. The van der Waals surface area contributed by atoms with Gasteiger partial charge in [-0.15, -0.1) is 0 Å². The van der Waals surface area contributed by atoms with Gasteiger partial charge >= 0.3 is 5.97 Å². The highest BCUT2D eigenvalue weighted by atomic mass is 79.9. The highest BCUT2D eigenvalue weighted by Crippen LogP contribution is 2.25. The number of rotatable bonds is 7. The van der Waals surface area contributed by atoms with E-state index >= 15 is 0 Å². The Hall–Kier alpha value is -1.99. The topological polar surface area (TPSA) is 54.0 Å². The highest BCUT2D eigenvalue weighted by Gasteiger charge is 2.30. The van der Waals surface area contributed by atoms with Crippen molar-refractivity contribution in [1.29, 1.82) is 0 Å². The quantitative estimate of drug-likeness (QED) is 0.591. The fraction of sp³-hybridized carbons (Fsp3) is 0.318. The van der Waals surface area contributed by atoms with Crippen molar-refractivity contribution in [3.05, 3.63) is 82.3 Å². The molecule has 28 heavy (non-hydrogen) atoms. The Balaban J connectivity index is 1.71. The third-order valence-corrected chi connectivity index (χ3v) is 4.83. The van der Waals surface area contributed by atoms with Crippen LogP contribution in [0.1, 0.15) is 18.1 Å². The predicted molar refractivity (Wildman–Crippen MR) is 109 cm³/mol. The van der Waals surface area contributed by atoms with E-state index in [4.69, 9.17) is 18.9 Å². The van der Waals surface area contributed by atoms with Gasteiger partial charge in [0.2, 0.25) is 6.29 Å². The minimum Gasteiger partial charge on any atom is -0.431 e. The molecule has 6 heteroatoms. The number of esters is 1. The number of carbonyl (C=O) groups is 1. The summed E-state index contributed by atoms with van der Waals surface area (Å²) < 4.78 is 23.8. The summed E-state index contributed by atoms with van der Waals surface area (Å²) >= 11 is 3.45. The van der Waals surface area contributed by atoms with E-state index in [0.717, 1.165) is 11.1 Å². The monoisotopic (exact) mass is 446 g/mol. The molecule has 1 heterocycles. The summed E-state index contributed by atoms with van der Waals surface area (Å²) in [5.41, 5.74) is 2.13. The standard InChI is InChI=1S/C22H23BrO5/c1-16(24)28-22-19(23)12-20(25-13-17-8-4-2-5-9-17)21(15-27-22)26-14-18-10-6-3-7-11-18/h2-12,20-22H,13-15H2,1H3/t20-,21-,22?/m1/s1. The van der Waals surface area contributed by atoms with Crippen LogP contribution in [0, 0.1) is 0 Å². The van der Waals surface area contributed by atoms with Gasteiger partial charge in [0.15, 0.2) is 0 Å². The molecule has 0 saturated heterocycles. The second kappa shape index (κ2) is 10.5. The molecule has 1 unspecified atom stereocenters. The van der Waals surface area contributed by atoms with E-state index < -0.39 is 12.3 Å². The Labute approximate surface area is 173 Å². The number of benzene rings is 2. The van der Waals surface area contributed by atoms with Crippen molar-refractivity contribution in [2.24, 2.45) is 0 Å². The molecule has 0 spiro atoms. The van der Waals surface area contributed by atoms with Crippen LogP contribution in [0.5, 0.6) is 0 Å². The van der Waals surface area contributed by atoms with Gasteiger partial charge in [0.1, 0.15) is 12.2 Å². The Morgan fingerprint density at radius 1 is 1.00 bits per heavy atom. The maximum atomic E-state index is 11.3. The second-order valence-electron chi connectivity index (χ2n) is 6.42. The van der Waals surface area contributed by atoms with Gasteiger partial charge in [-0.1, -0.05) is 60.7 Å². The summed E-state index contributed by atoms with van der Waals surface area (Å²) in [5, 5.41) is 0. The van der Waals surface area contributed by atoms with Crippen molar-refractivity contribution in [2.75, 3.05) is 6.61 Å². The smallest absolute Gasteiger partial charge is 0.305 e. The van der Waals surface area contributed by atoms with Crippen LogP contribution >= 0.6 is 15.9 Å². The summed E-state index contributed by atoms with van der Waals surface area (Å²) in [7, 11) is 0. The molecule has 5 nitrogen and oxygen atoms in total.